The van der Waals surface area contributed by atoms with Crippen molar-refractivity contribution < 1.29 is 19.5 Å². The molecular formula is C26H29Br2N3O4. The summed E-state index contributed by atoms with van der Waals surface area (Å²) in [5.74, 6) is -0.359. The average Bonchev–Trinajstić information content (AvgIpc) is 3.50. The average molecular weight is 607 g/mol. The van der Waals surface area contributed by atoms with E-state index >= 15 is 0 Å². The van der Waals surface area contributed by atoms with Crippen molar-refractivity contribution in [3.63, 3.8) is 0 Å². The highest BCUT2D eigenvalue weighted by Crippen LogP contribution is 2.44. The molecule has 2 aliphatic carbocycles. The van der Waals surface area contributed by atoms with Gasteiger partial charge in [0.05, 0.1) is 0 Å². The van der Waals surface area contributed by atoms with E-state index in [1.807, 2.05) is 36.4 Å². The molecule has 2 aromatic rings. The Morgan fingerprint density at radius 2 is 1.43 bits per heavy atom. The van der Waals surface area contributed by atoms with E-state index in [4.69, 9.17) is 10.8 Å². The Morgan fingerprint density at radius 3 is 1.86 bits per heavy atom. The van der Waals surface area contributed by atoms with E-state index in [2.05, 4.69) is 49.3 Å². The van der Waals surface area contributed by atoms with E-state index < -0.39 is 17.0 Å². The number of imide groups is 1. The van der Waals surface area contributed by atoms with Crippen LogP contribution in [-0.4, -0.2) is 46.0 Å². The van der Waals surface area contributed by atoms with Crippen molar-refractivity contribution in [3.05, 3.63) is 68.6 Å². The summed E-state index contributed by atoms with van der Waals surface area (Å²) >= 11 is 6.80. The zero-order valence-electron chi connectivity index (χ0n) is 19.5. The van der Waals surface area contributed by atoms with Gasteiger partial charge in [0, 0.05) is 16.0 Å². The van der Waals surface area contributed by atoms with E-state index in [-0.39, 0.29) is 17.9 Å². The van der Waals surface area contributed by atoms with Gasteiger partial charge in [-0.05, 0) is 85.8 Å². The Labute approximate surface area is 221 Å². The molecule has 2 saturated carbocycles. The molecule has 0 unspecified atom stereocenters. The summed E-state index contributed by atoms with van der Waals surface area (Å²) in [6.45, 7) is 0. The maximum absolute atomic E-state index is 12.2. The second-order valence-electron chi connectivity index (χ2n) is 9.82. The second-order valence-corrected chi connectivity index (χ2v) is 11.7. The summed E-state index contributed by atoms with van der Waals surface area (Å²) in [5.41, 5.74) is 6.57. The Balaban J connectivity index is 0.000000168. The molecular weight excluding hydrogens is 578 g/mol. The third kappa shape index (κ3) is 5.32. The number of carboxylic acids is 1. The van der Waals surface area contributed by atoms with E-state index in [1.165, 1.54) is 16.0 Å². The number of likely N-dealkylation sites (N-methyl/N-ethyl adjacent to an activating group) is 1. The van der Waals surface area contributed by atoms with Crippen molar-refractivity contribution in [1.29, 1.82) is 0 Å². The fourth-order valence-electron chi connectivity index (χ4n) is 5.42. The molecule has 2 aromatic carbocycles. The van der Waals surface area contributed by atoms with Crippen LogP contribution < -0.4 is 11.1 Å². The Hall–Kier alpha value is -2.23. The molecule has 4 atom stereocenters. The third-order valence-corrected chi connectivity index (χ3v) is 8.59. The summed E-state index contributed by atoms with van der Waals surface area (Å²) < 4.78 is 2.08. The Bertz CT molecular complexity index is 1120. The highest BCUT2D eigenvalue weighted by molar-refractivity contribution is 9.10. The van der Waals surface area contributed by atoms with Crippen molar-refractivity contribution in [1.82, 2.24) is 10.2 Å². The van der Waals surface area contributed by atoms with Gasteiger partial charge >= 0.3 is 12.0 Å². The van der Waals surface area contributed by atoms with Crippen LogP contribution in [0.3, 0.4) is 0 Å². The zero-order chi connectivity index (χ0) is 25.4. The predicted octanol–water partition coefficient (Wildman–Crippen LogP) is 5.14. The number of carboxylic acid groups (broad SMARTS) is 1. The normalized spacial score (nSPS) is 29.8. The minimum Gasteiger partial charge on any atom is -0.480 e. The van der Waals surface area contributed by atoms with Crippen LogP contribution in [0.5, 0.6) is 0 Å². The van der Waals surface area contributed by atoms with Crippen LogP contribution in [0.2, 0.25) is 0 Å². The minimum atomic E-state index is -1.03. The molecule has 3 fully saturated rings. The van der Waals surface area contributed by atoms with E-state index in [0.717, 1.165) is 28.2 Å². The lowest BCUT2D eigenvalue weighted by molar-refractivity contribution is -0.143. The third-order valence-electron chi connectivity index (χ3n) is 7.54. The number of halogens is 2. The monoisotopic (exact) mass is 605 g/mol. The minimum absolute atomic E-state index is 0.0860. The molecule has 1 heterocycles. The summed E-state index contributed by atoms with van der Waals surface area (Å²) in [6.07, 6.45) is 4.30. The lowest BCUT2D eigenvalue weighted by atomic mass is 9.92. The lowest BCUT2D eigenvalue weighted by Gasteiger charge is -2.20. The number of amides is 3. The van der Waals surface area contributed by atoms with Crippen molar-refractivity contribution in [2.75, 3.05) is 7.05 Å². The van der Waals surface area contributed by atoms with Crippen LogP contribution in [0.25, 0.3) is 0 Å². The topological polar surface area (TPSA) is 113 Å². The highest BCUT2D eigenvalue weighted by atomic mass is 79.9. The molecule has 35 heavy (non-hydrogen) atoms. The number of aliphatic carboxylic acids is 1. The number of rotatable bonds is 3. The smallest absolute Gasteiger partial charge is 0.324 e. The standard InChI is InChI=1S/C14H15BrN2O2.C12H14BrNO2/c1-17-12(18)14(16-13(17)19)7-6-10(8-14)9-2-4-11(15)5-3-9;13-10-3-1-8(2-4-10)9-5-6-12(14,7-9)11(15)16/h2-5,10H,6-8H2,1H3,(H,16,19);1-4,9H,5-7,14H2,(H,15,16)/t10-,14+;9-,12+/m00/s1. The van der Waals surface area contributed by atoms with Gasteiger partial charge in [0.2, 0.25) is 0 Å². The van der Waals surface area contributed by atoms with Crippen LogP contribution in [-0.2, 0) is 9.59 Å². The summed E-state index contributed by atoms with van der Waals surface area (Å²) in [5, 5.41) is 11.9. The van der Waals surface area contributed by atoms with Crippen LogP contribution in [0.15, 0.2) is 57.5 Å². The summed E-state index contributed by atoms with van der Waals surface area (Å²) in [7, 11) is 1.54. The van der Waals surface area contributed by atoms with Gasteiger partial charge in [-0.15, -0.1) is 0 Å². The second kappa shape index (κ2) is 10.0. The maximum atomic E-state index is 12.2. The first kappa shape index (κ1) is 25.9. The molecule has 186 valence electrons. The van der Waals surface area contributed by atoms with Crippen LogP contribution in [0, 0.1) is 0 Å². The molecule has 0 aromatic heterocycles. The molecule has 1 aliphatic heterocycles. The van der Waals surface area contributed by atoms with E-state index in [1.54, 1.807) is 7.05 Å². The number of hydrogen-bond donors (Lipinski definition) is 3. The number of nitrogens with one attached hydrogen (secondary N) is 1. The van der Waals surface area contributed by atoms with Crippen LogP contribution >= 0.6 is 31.9 Å². The van der Waals surface area contributed by atoms with Crippen molar-refractivity contribution >= 4 is 49.8 Å². The number of urea groups is 1. The van der Waals surface area contributed by atoms with Gasteiger partial charge < -0.3 is 16.2 Å². The molecule has 1 spiro atoms. The fraction of sp³-hybridized carbons (Fsp3) is 0.423. The SMILES string of the molecule is CN1C(=O)N[C@@]2(CC[C@H](c3ccc(Br)cc3)C2)C1=O.N[C@]1(C(=O)O)CC[C@H](c2ccc(Br)cc2)C1. The molecule has 3 aliphatic rings. The molecule has 0 bridgehead atoms. The number of carbonyl (C=O) groups excluding carboxylic acids is 2. The van der Waals surface area contributed by atoms with Crippen LogP contribution in [0.1, 0.15) is 61.5 Å². The van der Waals surface area contributed by atoms with Gasteiger partial charge in [-0.25, -0.2) is 4.79 Å². The van der Waals surface area contributed by atoms with Gasteiger partial charge in [0.1, 0.15) is 11.1 Å². The van der Waals surface area contributed by atoms with Gasteiger partial charge in [-0.3, -0.25) is 14.5 Å². The quantitative estimate of drug-likeness (QED) is 0.419. The number of nitrogens with two attached hydrogens (primary N) is 1. The van der Waals surface area contributed by atoms with Crippen molar-refractivity contribution in [3.8, 4) is 0 Å². The van der Waals surface area contributed by atoms with Gasteiger partial charge in [0.25, 0.3) is 5.91 Å². The highest BCUT2D eigenvalue weighted by Gasteiger charge is 2.53. The Morgan fingerprint density at radius 1 is 0.943 bits per heavy atom. The molecule has 4 N–H and O–H groups in total. The first-order valence-electron chi connectivity index (χ1n) is 11.7. The number of carbonyl (C=O) groups is 3. The van der Waals surface area contributed by atoms with E-state index in [9.17, 15) is 14.4 Å². The first-order chi connectivity index (χ1) is 16.5. The predicted molar refractivity (Wildman–Crippen MR) is 140 cm³/mol. The summed E-state index contributed by atoms with van der Waals surface area (Å²) in [4.78, 5) is 36.0. The van der Waals surface area contributed by atoms with E-state index in [0.29, 0.717) is 25.2 Å². The first-order valence-corrected chi connectivity index (χ1v) is 13.3. The van der Waals surface area contributed by atoms with Gasteiger partial charge in [0.15, 0.2) is 0 Å². The lowest BCUT2D eigenvalue weighted by Crippen LogP contribution is -2.45. The molecule has 7 nitrogen and oxygen atoms in total. The molecule has 5 rings (SSSR count). The van der Waals surface area contributed by atoms with Crippen molar-refractivity contribution in [2.45, 2.75) is 61.4 Å². The molecule has 0 radical (unpaired) electrons. The number of benzene rings is 2. The Kier molecular flexibility index (Phi) is 7.41. The largest absolute Gasteiger partial charge is 0.480 e. The number of hydrogen-bond acceptors (Lipinski definition) is 4. The number of nitrogens with zero attached hydrogens (tertiary/aromatic N) is 1. The zero-order valence-corrected chi connectivity index (χ0v) is 22.6. The fourth-order valence-corrected chi connectivity index (χ4v) is 5.95. The van der Waals surface area contributed by atoms with Gasteiger partial charge in [-0.2, -0.15) is 0 Å². The molecule has 3 amide bonds. The van der Waals surface area contributed by atoms with Crippen molar-refractivity contribution in [2.24, 2.45) is 5.73 Å². The molecule has 1 saturated heterocycles. The van der Waals surface area contributed by atoms with Gasteiger partial charge in [-0.1, -0.05) is 56.1 Å². The maximum Gasteiger partial charge on any atom is 0.324 e. The van der Waals surface area contributed by atoms with Crippen LogP contribution in [0.4, 0.5) is 4.79 Å². The molecule has 9 heteroatoms. The summed E-state index contributed by atoms with van der Waals surface area (Å²) in [6, 6.07) is 15.9.